The molecule has 0 spiro atoms. The number of carbonyl (C=O) groups is 4. The molecule has 3 N–H and O–H groups in total. The van der Waals surface area contributed by atoms with E-state index in [0.717, 1.165) is 103 Å². The van der Waals surface area contributed by atoms with Gasteiger partial charge in [0.1, 0.15) is 19.3 Å². The molecule has 0 fully saturated rings. The zero-order valence-corrected chi connectivity index (χ0v) is 66.3. The van der Waals surface area contributed by atoms with E-state index < -0.39 is 97.5 Å². The minimum Gasteiger partial charge on any atom is -0.462 e. The molecule has 17 nitrogen and oxygen atoms in total. The van der Waals surface area contributed by atoms with Crippen LogP contribution in [-0.4, -0.2) is 96.7 Å². The summed E-state index contributed by atoms with van der Waals surface area (Å²) in [6.07, 6.45) is 66.8. The molecule has 0 aliphatic rings. The van der Waals surface area contributed by atoms with Crippen molar-refractivity contribution >= 4 is 39.5 Å². The quantitative estimate of drug-likeness (QED) is 0.0222. The maximum absolute atomic E-state index is 13.1. The van der Waals surface area contributed by atoms with Crippen molar-refractivity contribution in [3.63, 3.8) is 0 Å². The molecule has 99 heavy (non-hydrogen) atoms. The molecule has 5 atom stereocenters. The number of rotatable bonds is 81. The summed E-state index contributed by atoms with van der Waals surface area (Å²) >= 11 is 0. The van der Waals surface area contributed by atoms with Crippen LogP contribution in [0.3, 0.4) is 0 Å². The van der Waals surface area contributed by atoms with Crippen molar-refractivity contribution in [1.29, 1.82) is 0 Å². The van der Waals surface area contributed by atoms with Gasteiger partial charge in [0.25, 0.3) is 0 Å². The van der Waals surface area contributed by atoms with Gasteiger partial charge in [-0.2, -0.15) is 0 Å². The van der Waals surface area contributed by atoms with Crippen LogP contribution >= 0.6 is 15.6 Å². The summed E-state index contributed by atoms with van der Waals surface area (Å²) in [4.78, 5) is 72.8. The van der Waals surface area contributed by atoms with Gasteiger partial charge in [0.05, 0.1) is 26.4 Å². The molecular weight excluding hydrogens is 1290 g/mol. The van der Waals surface area contributed by atoms with Gasteiger partial charge in [0.2, 0.25) is 0 Å². The molecule has 19 heteroatoms. The van der Waals surface area contributed by atoms with E-state index in [1.807, 2.05) is 0 Å². The van der Waals surface area contributed by atoms with E-state index in [9.17, 15) is 43.2 Å². The summed E-state index contributed by atoms with van der Waals surface area (Å²) in [5.41, 5.74) is 0. The molecule has 0 radical (unpaired) electrons. The second-order valence-electron chi connectivity index (χ2n) is 28.8. The fourth-order valence-corrected chi connectivity index (χ4v) is 14.0. The largest absolute Gasteiger partial charge is 0.472 e. The van der Waals surface area contributed by atoms with Gasteiger partial charge >= 0.3 is 39.5 Å². The third-order valence-corrected chi connectivity index (χ3v) is 20.8. The summed E-state index contributed by atoms with van der Waals surface area (Å²) < 4.78 is 68.6. The fraction of sp³-hybridized carbons (Fsp3) is 0.950. The van der Waals surface area contributed by atoms with Gasteiger partial charge in [-0.1, -0.05) is 381 Å². The predicted octanol–water partition coefficient (Wildman–Crippen LogP) is 24.2. The minimum absolute atomic E-state index is 0.108. The van der Waals surface area contributed by atoms with Crippen LogP contribution in [0, 0.1) is 0 Å². The van der Waals surface area contributed by atoms with Gasteiger partial charge in [-0.25, -0.2) is 9.13 Å². The lowest BCUT2D eigenvalue weighted by molar-refractivity contribution is -0.161. The number of hydrogen-bond acceptors (Lipinski definition) is 15. The Morgan fingerprint density at radius 1 is 0.242 bits per heavy atom. The number of esters is 4. The Morgan fingerprint density at radius 3 is 0.596 bits per heavy atom. The monoisotopic (exact) mass is 1450 g/mol. The van der Waals surface area contributed by atoms with Crippen molar-refractivity contribution in [2.45, 2.75) is 451 Å². The van der Waals surface area contributed by atoms with Crippen molar-refractivity contribution in [2.75, 3.05) is 39.6 Å². The fourth-order valence-electron chi connectivity index (χ4n) is 12.5. The van der Waals surface area contributed by atoms with E-state index in [1.54, 1.807) is 0 Å². The molecule has 0 rings (SSSR count). The van der Waals surface area contributed by atoms with Gasteiger partial charge in [0, 0.05) is 25.7 Å². The van der Waals surface area contributed by atoms with Crippen molar-refractivity contribution in [3.8, 4) is 0 Å². The highest BCUT2D eigenvalue weighted by atomic mass is 31.2. The highest BCUT2D eigenvalue weighted by Gasteiger charge is 2.30. The Kier molecular flexibility index (Phi) is 72.9. The third-order valence-electron chi connectivity index (χ3n) is 18.9. The summed E-state index contributed by atoms with van der Waals surface area (Å²) in [5, 5.41) is 10.6. The van der Waals surface area contributed by atoms with Gasteiger partial charge < -0.3 is 33.8 Å². The average molecular weight is 1450 g/mol. The van der Waals surface area contributed by atoms with Crippen molar-refractivity contribution in [3.05, 3.63) is 0 Å². The van der Waals surface area contributed by atoms with Gasteiger partial charge in [0.15, 0.2) is 12.2 Å². The van der Waals surface area contributed by atoms with Gasteiger partial charge in [-0.3, -0.25) is 37.3 Å². The smallest absolute Gasteiger partial charge is 0.462 e. The van der Waals surface area contributed by atoms with Gasteiger partial charge in [-0.05, 0) is 25.7 Å². The molecule has 0 saturated heterocycles. The summed E-state index contributed by atoms with van der Waals surface area (Å²) in [7, 11) is -9.91. The molecule has 0 aromatic carbocycles. The maximum atomic E-state index is 13.1. The zero-order valence-electron chi connectivity index (χ0n) is 64.5. The number of phosphoric ester groups is 2. The Morgan fingerprint density at radius 2 is 0.404 bits per heavy atom. The van der Waals surface area contributed by atoms with E-state index in [1.165, 1.54) is 250 Å². The second kappa shape index (κ2) is 74.3. The molecule has 0 amide bonds. The van der Waals surface area contributed by atoms with E-state index >= 15 is 0 Å². The first-order valence-electron chi connectivity index (χ1n) is 41.8. The minimum atomic E-state index is -4.96. The Labute approximate surface area is 607 Å². The number of ether oxygens (including phenoxy) is 4. The van der Waals surface area contributed by atoms with Crippen LogP contribution in [0.1, 0.15) is 432 Å². The van der Waals surface area contributed by atoms with Crippen LogP contribution in [-0.2, 0) is 65.4 Å². The first kappa shape index (κ1) is 97.1. The average Bonchev–Trinajstić information content (AvgIpc) is 0.972. The van der Waals surface area contributed by atoms with E-state index in [-0.39, 0.29) is 25.7 Å². The standard InChI is InChI=1S/C80H156O17P2/c1-5-9-13-17-21-24-27-30-33-34-35-36-37-38-39-42-45-48-51-55-59-63-67-80(85)97-76(71-91-78(83)65-61-57-53-49-46-43-40-31-28-25-22-18-14-10-6-2)73-95-99(88,89)93-69-74(81)68-92-98(86,87)94-72-75(70-90-77(82)64-60-56-52-20-16-12-8-4)96-79(84)66-62-58-54-50-47-44-41-32-29-26-23-19-15-11-7-3/h74-76,81H,5-73H2,1-4H3,(H,86,87)(H,88,89)/t74-,75+,76+/m0/s1. The Hall–Kier alpha value is -1.94. The van der Waals surface area contributed by atoms with Crippen LogP contribution in [0.15, 0.2) is 0 Å². The number of carbonyl (C=O) groups excluding carboxylic acids is 4. The lowest BCUT2D eigenvalue weighted by atomic mass is 10.0. The van der Waals surface area contributed by atoms with Crippen LogP contribution in [0.25, 0.3) is 0 Å². The molecule has 0 aromatic rings. The topological polar surface area (TPSA) is 237 Å². The van der Waals surface area contributed by atoms with Crippen LogP contribution in [0.4, 0.5) is 0 Å². The Balaban J connectivity index is 5.15. The molecular formula is C80H156O17P2. The normalized spacial score (nSPS) is 13.8. The number of hydrogen-bond donors (Lipinski definition) is 3. The van der Waals surface area contributed by atoms with Crippen molar-refractivity contribution in [2.24, 2.45) is 0 Å². The van der Waals surface area contributed by atoms with E-state index in [0.29, 0.717) is 25.7 Å². The molecule has 0 aliphatic carbocycles. The van der Waals surface area contributed by atoms with E-state index in [2.05, 4.69) is 27.7 Å². The predicted molar refractivity (Wildman–Crippen MR) is 405 cm³/mol. The first-order valence-corrected chi connectivity index (χ1v) is 44.8. The van der Waals surface area contributed by atoms with Crippen molar-refractivity contribution in [1.82, 2.24) is 0 Å². The molecule has 2 unspecified atom stereocenters. The molecule has 0 aliphatic heterocycles. The molecule has 0 saturated carbocycles. The lowest BCUT2D eigenvalue weighted by Gasteiger charge is -2.21. The van der Waals surface area contributed by atoms with Crippen molar-refractivity contribution < 1.29 is 80.2 Å². The molecule has 0 heterocycles. The maximum Gasteiger partial charge on any atom is 0.472 e. The number of phosphoric acid groups is 2. The summed E-state index contributed by atoms with van der Waals surface area (Å²) in [5.74, 6) is -2.11. The van der Waals surface area contributed by atoms with Crippen LogP contribution in [0.5, 0.6) is 0 Å². The highest BCUT2D eigenvalue weighted by Crippen LogP contribution is 2.45. The Bertz CT molecular complexity index is 1880. The number of unbranched alkanes of at least 4 members (excludes halogenated alkanes) is 55. The van der Waals surface area contributed by atoms with Crippen LogP contribution < -0.4 is 0 Å². The summed E-state index contributed by atoms with van der Waals surface area (Å²) in [6.45, 7) is 4.98. The molecule has 0 bridgehead atoms. The van der Waals surface area contributed by atoms with Gasteiger partial charge in [-0.15, -0.1) is 0 Å². The SMILES string of the molecule is CCCCCCCCCCCCCCCCCCCCCCCCC(=O)O[C@H](COC(=O)CCCCCCCCCCCCCCCCC)COP(=O)(O)OC[C@@H](O)COP(=O)(O)OC[C@@H](COC(=O)CCCCCCCCC)OC(=O)CCCCCCCCCCCCCCCCC. The highest BCUT2D eigenvalue weighted by molar-refractivity contribution is 7.47. The molecule has 0 aromatic heterocycles. The van der Waals surface area contributed by atoms with E-state index in [4.69, 9.17) is 37.0 Å². The number of aliphatic hydroxyl groups excluding tert-OH is 1. The first-order chi connectivity index (χ1) is 48.2. The third kappa shape index (κ3) is 74.1. The zero-order chi connectivity index (χ0) is 72.5. The van der Waals surface area contributed by atoms with Crippen LogP contribution in [0.2, 0.25) is 0 Å². The lowest BCUT2D eigenvalue weighted by Crippen LogP contribution is -2.30. The summed E-state index contributed by atoms with van der Waals surface area (Å²) in [6, 6.07) is 0. The second-order valence-corrected chi connectivity index (χ2v) is 31.7. The number of aliphatic hydroxyl groups is 1. The molecule has 588 valence electrons.